The molecule has 1 N–H and O–H groups in total. The monoisotopic (exact) mass is 390 g/mol. The molecule has 5 rings (SSSR count). The highest BCUT2D eigenvalue weighted by Crippen LogP contribution is 2.42. The third kappa shape index (κ3) is 3.80. The molecule has 0 spiro atoms. The molecule has 2 nitrogen and oxygen atoms in total. The van der Waals surface area contributed by atoms with Gasteiger partial charge in [-0.2, -0.15) is 0 Å². The Kier molecular flexibility index (Phi) is 6.29. The molecule has 0 amide bonds. The van der Waals surface area contributed by atoms with Gasteiger partial charge in [-0.05, 0) is 46.6 Å². The summed E-state index contributed by atoms with van der Waals surface area (Å²) in [6.07, 6.45) is 5.35. The predicted molar refractivity (Wildman–Crippen MR) is 114 cm³/mol. The first-order valence-electron chi connectivity index (χ1n) is 9.54. The van der Waals surface area contributed by atoms with Crippen LogP contribution in [0, 0.1) is 5.92 Å². The molecule has 0 bridgehead atoms. The lowest BCUT2D eigenvalue weighted by atomic mass is 9.95. The second kappa shape index (κ2) is 8.31. The summed E-state index contributed by atoms with van der Waals surface area (Å²) in [6.45, 7) is 4.65. The van der Waals surface area contributed by atoms with Crippen LogP contribution in [0.5, 0.6) is 0 Å². The van der Waals surface area contributed by atoms with Crippen molar-refractivity contribution in [1.82, 2.24) is 10.2 Å². The van der Waals surface area contributed by atoms with Crippen LogP contribution >= 0.6 is 24.8 Å². The largest absolute Gasteiger partial charge is 0.314 e. The molecule has 2 aromatic rings. The summed E-state index contributed by atoms with van der Waals surface area (Å²) in [4.78, 5) is 2.72. The van der Waals surface area contributed by atoms with Crippen LogP contribution in [0.25, 0.3) is 11.1 Å². The highest BCUT2D eigenvalue weighted by atomic mass is 35.5. The minimum absolute atomic E-state index is 0. The Morgan fingerprint density at radius 2 is 1.65 bits per heavy atom. The van der Waals surface area contributed by atoms with Gasteiger partial charge in [0.05, 0.1) is 0 Å². The van der Waals surface area contributed by atoms with Gasteiger partial charge in [-0.3, -0.25) is 4.90 Å². The third-order valence-electron chi connectivity index (χ3n) is 6.05. The molecule has 26 heavy (non-hydrogen) atoms. The normalized spacial score (nSPS) is 19.7. The van der Waals surface area contributed by atoms with E-state index in [1.54, 1.807) is 5.56 Å². The molecule has 1 aliphatic heterocycles. The van der Waals surface area contributed by atoms with E-state index in [0.717, 1.165) is 25.4 Å². The van der Waals surface area contributed by atoms with Crippen molar-refractivity contribution in [2.24, 2.45) is 5.92 Å². The van der Waals surface area contributed by atoms with E-state index in [1.807, 2.05) is 0 Å². The van der Waals surface area contributed by atoms with E-state index in [-0.39, 0.29) is 24.8 Å². The topological polar surface area (TPSA) is 15.3 Å². The number of fused-ring (bicyclic) bond motifs is 3. The SMILES string of the molecule is Cl.Cl.c1ccc2c(c1)Cc1cc([C@H](CC3CC3)N3CCNCC3)ccc1-2. The maximum absolute atomic E-state index is 3.50. The summed E-state index contributed by atoms with van der Waals surface area (Å²) in [7, 11) is 0. The lowest BCUT2D eigenvalue weighted by Crippen LogP contribution is -2.45. The Balaban J connectivity index is 0.000000980. The number of nitrogens with one attached hydrogen (secondary N) is 1. The number of halogens is 2. The van der Waals surface area contributed by atoms with Crippen LogP contribution in [-0.4, -0.2) is 31.1 Å². The lowest BCUT2D eigenvalue weighted by Gasteiger charge is -2.35. The molecule has 0 radical (unpaired) electrons. The molecule has 2 aliphatic carbocycles. The smallest absolute Gasteiger partial charge is 0.0351 e. The van der Waals surface area contributed by atoms with Crippen molar-refractivity contribution in [3.63, 3.8) is 0 Å². The van der Waals surface area contributed by atoms with Gasteiger partial charge in [0.2, 0.25) is 0 Å². The van der Waals surface area contributed by atoms with Gasteiger partial charge in [0, 0.05) is 32.2 Å². The molecule has 0 unspecified atom stereocenters. The molecule has 1 saturated heterocycles. The van der Waals surface area contributed by atoms with Gasteiger partial charge < -0.3 is 5.32 Å². The van der Waals surface area contributed by atoms with Crippen molar-refractivity contribution < 1.29 is 0 Å². The molecule has 3 aliphatic rings. The minimum atomic E-state index is 0. The summed E-state index contributed by atoms with van der Waals surface area (Å²) < 4.78 is 0. The van der Waals surface area contributed by atoms with Crippen LogP contribution in [0.2, 0.25) is 0 Å². The van der Waals surface area contributed by atoms with E-state index < -0.39 is 0 Å². The third-order valence-corrected chi connectivity index (χ3v) is 6.05. The molecular formula is C22H28Cl2N2. The highest BCUT2D eigenvalue weighted by Gasteiger charge is 2.31. The summed E-state index contributed by atoms with van der Waals surface area (Å²) >= 11 is 0. The molecule has 140 valence electrons. The summed E-state index contributed by atoms with van der Waals surface area (Å²) in [6, 6.07) is 16.8. The second-order valence-electron chi connectivity index (χ2n) is 7.73. The van der Waals surface area contributed by atoms with E-state index in [2.05, 4.69) is 52.7 Å². The second-order valence-corrected chi connectivity index (χ2v) is 7.73. The Morgan fingerprint density at radius 3 is 2.42 bits per heavy atom. The van der Waals surface area contributed by atoms with Gasteiger partial charge in [-0.15, -0.1) is 24.8 Å². The Morgan fingerprint density at radius 1 is 0.923 bits per heavy atom. The lowest BCUT2D eigenvalue weighted by molar-refractivity contribution is 0.160. The maximum atomic E-state index is 3.50. The van der Waals surface area contributed by atoms with Crippen LogP contribution in [0.4, 0.5) is 0 Å². The number of hydrogen-bond acceptors (Lipinski definition) is 2. The van der Waals surface area contributed by atoms with E-state index in [9.17, 15) is 0 Å². The average molecular weight is 391 g/mol. The first-order valence-corrected chi connectivity index (χ1v) is 9.54. The van der Waals surface area contributed by atoms with Gasteiger partial charge in [0.15, 0.2) is 0 Å². The van der Waals surface area contributed by atoms with Gasteiger partial charge in [0.1, 0.15) is 0 Å². The fraction of sp³-hybridized carbons (Fsp3) is 0.455. The zero-order valence-corrected chi connectivity index (χ0v) is 16.7. The zero-order chi connectivity index (χ0) is 15.9. The van der Waals surface area contributed by atoms with Crippen LogP contribution < -0.4 is 5.32 Å². The van der Waals surface area contributed by atoms with Crippen LogP contribution in [0.1, 0.15) is 42.0 Å². The average Bonchev–Trinajstić information content (AvgIpc) is 3.38. The van der Waals surface area contributed by atoms with Gasteiger partial charge in [-0.1, -0.05) is 55.3 Å². The minimum Gasteiger partial charge on any atom is -0.314 e. The Bertz CT molecular complexity index is 752. The maximum Gasteiger partial charge on any atom is 0.0351 e. The fourth-order valence-corrected chi connectivity index (χ4v) is 4.53. The number of piperazine rings is 1. The summed E-state index contributed by atoms with van der Waals surface area (Å²) in [5.41, 5.74) is 7.48. The molecule has 0 aromatic heterocycles. The van der Waals surface area contributed by atoms with Gasteiger partial charge >= 0.3 is 0 Å². The highest BCUT2D eigenvalue weighted by molar-refractivity contribution is 5.85. The zero-order valence-electron chi connectivity index (χ0n) is 15.1. The summed E-state index contributed by atoms with van der Waals surface area (Å²) in [5.74, 6) is 0.968. The van der Waals surface area contributed by atoms with Crippen LogP contribution in [-0.2, 0) is 6.42 Å². The van der Waals surface area contributed by atoms with Gasteiger partial charge in [-0.25, -0.2) is 0 Å². The predicted octanol–water partition coefficient (Wildman–Crippen LogP) is 4.85. The van der Waals surface area contributed by atoms with E-state index in [4.69, 9.17) is 0 Å². The van der Waals surface area contributed by atoms with Crippen molar-refractivity contribution in [1.29, 1.82) is 0 Å². The standard InChI is InChI=1S/C22H26N2.2ClH/c1-2-4-20-17(3-1)14-19-15-18(7-8-21(19)20)22(13-16-5-6-16)24-11-9-23-10-12-24;;/h1-4,7-8,15-16,22-23H,5-6,9-14H2;2*1H/t22-;;/m0../s1. The first-order chi connectivity index (χ1) is 11.9. The van der Waals surface area contributed by atoms with E-state index in [1.165, 1.54) is 54.6 Å². The van der Waals surface area contributed by atoms with E-state index >= 15 is 0 Å². The van der Waals surface area contributed by atoms with Gasteiger partial charge in [0.25, 0.3) is 0 Å². The molecule has 1 saturated carbocycles. The summed E-state index contributed by atoms with van der Waals surface area (Å²) in [5, 5.41) is 3.50. The molecular weight excluding hydrogens is 363 g/mol. The quantitative estimate of drug-likeness (QED) is 0.684. The number of rotatable bonds is 4. The van der Waals surface area contributed by atoms with Crippen molar-refractivity contribution in [3.05, 3.63) is 59.2 Å². The number of hydrogen-bond donors (Lipinski definition) is 1. The molecule has 1 atom stereocenters. The first kappa shape index (κ1) is 19.7. The molecule has 4 heteroatoms. The van der Waals surface area contributed by atoms with Crippen LogP contribution in [0.15, 0.2) is 42.5 Å². The van der Waals surface area contributed by atoms with Crippen LogP contribution in [0.3, 0.4) is 0 Å². The van der Waals surface area contributed by atoms with Crippen molar-refractivity contribution in [2.45, 2.75) is 31.7 Å². The van der Waals surface area contributed by atoms with Crippen molar-refractivity contribution >= 4 is 24.8 Å². The molecule has 1 heterocycles. The van der Waals surface area contributed by atoms with Crippen molar-refractivity contribution in [2.75, 3.05) is 26.2 Å². The van der Waals surface area contributed by atoms with Crippen molar-refractivity contribution in [3.8, 4) is 11.1 Å². The Hall–Kier alpha value is -1.06. The fourth-order valence-electron chi connectivity index (χ4n) is 4.53. The molecule has 2 fully saturated rings. The number of benzene rings is 2. The van der Waals surface area contributed by atoms with E-state index in [0.29, 0.717) is 6.04 Å². The number of nitrogens with zero attached hydrogens (tertiary/aromatic N) is 1. The molecule has 2 aromatic carbocycles. The Labute approximate surface area is 169 Å².